The zero-order valence-corrected chi connectivity index (χ0v) is 16.8. The third kappa shape index (κ3) is 4.84. The minimum atomic E-state index is -0.643. The van der Waals surface area contributed by atoms with Crippen LogP contribution in [0.2, 0.25) is 0 Å². The zero-order valence-electron chi connectivity index (χ0n) is 16.8. The SMILES string of the molecule is COc1ccc(-c2noc(CN(C)C(=O)C(C)Oc3ccccc3)n2)cc1OC. The maximum Gasteiger partial charge on any atom is 0.263 e. The summed E-state index contributed by atoms with van der Waals surface area (Å²) in [7, 11) is 4.79. The molecule has 0 fully saturated rings. The summed E-state index contributed by atoms with van der Waals surface area (Å²) in [4.78, 5) is 18.4. The number of aromatic nitrogens is 2. The van der Waals surface area contributed by atoms with Gasteiger partial charge in [-0.1, -0.05) is 23.4 Å². The van der Waals surface area contributed by atoms with E-state index in [-0.39, 0.29) is 12.5 Å². The molecule has 29 heavy (non-hydrogen) atoms. The lowest BCUT2D eigenvalue weighted by Gasteiger charge is -2.20. The molecule has 0 saturated heterocycles. The highest BCUT2D eigenvalue weighted by Gasteiger charge is 2.21. The van der Waals surface area contributed by atoms with Gasteiger partial charge in [-0.2, -0.15) is 4.98 Å². The van der Waals surface area contributed by atoms with Crippen molar-refractivity contribution < 1.29 is 23.5 Å². The van der Waals surface area contributed by atoms with E-state index in [4.69, 9.17) is 18.7 Å². The number of ether oxygens (including phenoxy) is 3. The largest absolute Gasteiger partial charge is 0.493 e. The predicted molar refractivity (Wildman–Crippen MR) is 106 cm³/mol. The van der Waals surface area contributed by atoms with Crippen LogP contribution in [0.3, 0.4) is 0 Å². The van der Waals surface area contributed by atoms with E-state index in [2.05, 4.69) is 10.1 Å². The van der Waals surface area contributed by atoms with Crippen LogP contribution >= 0.6 is 0 Å². The number of rotatable bonds is 8. The average Bonchev–Trinajstić information content (AvgIpc) is 3.21. The topological polar surface area (TPSA) is 86.9 Å². The Labute approximate surface area is 169 Å². The molecule has 152 valence electrons. The Morgan fingerprint density at radius 1 is 1.10 bits per heavy atom. The third-order valence-electron chi connectivity index (χ3n) is 4.26. The lowest BCUT2D eigenvalue weighted by atomic mass is 10.2. The first-order chi connectivity index (χ1) is 14.0. The van der Waals surface area contributed by atoms with Crippen LogP contribution in [-0.2, 0) is 11.3 Å². The zero-order chi connectivity index (χ0) is 20.8. The Bertz CT molecular complexity index is 958. The molecule has 2 aromatic carbocycles. The summed E-state index contributed by atoms with van der Waals surface area (Å²) in [5.74, 6) is 2.33. The summed E-state index contributed by atoms with van der Waals surface area (Å²) in [6.45, 7) is 1.87. The Morgan fingerprint density at radius 2 is 1.83 bits per heavy atom. The summed E-state index contributed by atoms with van der Waals surface area (Å²) in [6.07, 6.45) is -0.643. The maximum atomic E-state index is 12.6. The molecule has 0 aliphatic carbocycles. The van der Waals surface area contributed by atoms with E-state index in [0.717, 1.165) is 0 Å². The number of nitrogens with zero attached hydrogens (tertiary/aromatic N) is 3. The van der Waals surface area contributed by atoms with Crippen molar-refractivity contribution in [3.8, 4) is 28.6 Å². The molecule has 8 nitrogen and oxygen atoms in total. The number of carbonyl (C=O) groups excluding carboxylic acids is 1. The van der Waals surface area contributed by atoms with Gasteiger partial charge in [0.05, 0.1) is 20.8 Å². The van der Waals surface area contributed by atoms with Crippen molar-refractivity contribution >= 4 is 5.91 Å². The highest BCUT2D eigenvalue weighted by Crippen LogP contribution is 2.31. The first kappa shape index (κ1) is 20.2. The number of benzene rings is 2. The molecular weight excluding hydrogens is 374 g/mol. The summed E-state index contributed by atoms with van der Waals surface area (Å²) in [5.41, 5.74) is 0.715. The van der Waals surface area contributed by atoms with Crippen LogP contribution < -0.4 is 14.2 Å². The molecule has 1 atom stereocenters. The molecular formula is C21H23N3O5. The van der Waals surface area contributed by atoms with Crippen LogP contribution in [0, 0.1) is 0 Å². The van der Waals surface area contributed by atoms with Gasteiger partial charge in [0.15, 0.2) is 17.6 Å². The van der Waals surface area contributed by atoms with E-state index in [1.165, 1.54) is 4.90 Å². The quantitative estimate of drug-likeness (QED) is 0.577. The fourth-order valence-corrected chi connectivity index (χ4v) is 2.76. The highest BCUT2D eigenvalue weighted by molar-refractivity contribution is 5.80. The van der Waals surface area contributed by atoms with Gasteiger partial charge < -0.3 is 23.6 Å². The van der Waals surface area contributed by atoms with Crippen molar-refractivity contribution in [1.82, 2.24) is 15.0 Å². The molecule has 0 aliphatic rings. The highest BCUT2D eigenvalue weighted by atomic mass is 16.5. The fraction of sp³-hybridized carbons (Fsp3) is 0.286. The Balaban J connectivity index is 1.65. The summed E-state index contributed by atoms with van der Waals surface area (Å²) >= 11 is 0. The number of carbonyl (C=O) groups is 1. The van der Waals surface area contributed by atoms with Crippen molar-refractivity contribution in [3.63, 3.8) is 0 Å². The molecule has 0 N–H and O–H groups in total. The minimum Gasteiger partial charge on any atom is -0.493 e. The summed E-state index contributed by atoms with van der Waals surface area (Å²) in [6, 6.07) is 14.5. The van der Waals surface area contributed by atoms with Gasteiger partial charge in [-0.3, -0.25) is 4.79 Å². The number of hydrogen-bond acceptors (Lipinski definition) is 7. The average molecular weight is 397 g/mol. The molecule has 0 aliphatic heterocycles. The third-order valence-corrected chi connectivity index (χ3v) is 4.26. The van der Waals surface area contributed by atoms with Crippen LogP contribution in [0.1, 0.15) is 12.8 Å². The Kier molecular flexibility index (Phi) is 6.33. The van der Waals surface area contributed by atoms with Crippen molar-refractivity contribution in [2.45, 2.75) is 19.6 Å². The molecule has 0 bridgehead atoms. The predicted octanol–water partition coefficient (Wildman–Crippen LogP) is 3.18. The first-order valence-corrected chi connectivity index (χ1v) is 9.03. The molecule has 3 aromatic rings. The minimum absolute atomic E-state index is 0.168. The number of likely N-dealkylation sites (N-methyl/N-ethyl adjacent to an activating group) is 1. The van der Waals surface area contributed by atoms with Gasteiger partial charge >= 0.3 is 0 Å². The Hall–Kier alpha value is -3.55. The van der Waals surface area contributed by atoms with Gasteiger partial charge in [0.25, 0.3) is 5.91 Å². The second-order valence-electron chi connectivity index (χ2n) is 6.35. The second-order valence-corrected chi connectivity index (χ2v) is 6.35. The van der Waals surface area contributed by atoms with Gasteiger partial charge in [-0.25, -0.2) is 0 Å². The number of para-hydroxylation sites is 1. The summed E-state index contributed by atoms with van der Waals surface area (Å²) in [5, 5.41) is 3.99. The van der Waals surface area contributed by atoms with E-state index < -0.39 is 6.10 Å². The van der Waals surface area contributed by atoms with E-state index in [9.17, 15) is 4.79 Å². The Morgan fingerprint density at radius 3 is 2.52 bits per heavy atom. The van der Waals surface area contributed by atoms with Gasteiger partial charge in [-0.05, 0) is 37.3 Å². The van der Waals surface area contributed by atoms with Crippen LogP contribution in [0.5, 0.6) is 17.2 Å². The first-order valence-electron chi connectivity index (χ1n) is 9.03. The van der Waals surface area contributed by atoms with Crippen molar-refractivity contribution in [3.05, 3.63) is 54.4 Å². The molecule has 1 unspecified atom stereocenters. The lowest BCUT2D eigenvalue weighted by Crippen LogP contribution is -2.37. The smallest absolute Gasteiger partial charge is 0.263 e. The normalized spacial score (nSPS) is 11.6. The fourth-order valence-electron chi connectivity index (χ4n) is 2.76. The van der Waals surface area contributed by atoms with Crippen molar-refractivity contribution in [2.75, 3.05) is 21.3 Å². The number of hydrogen-bond donors (Lipinski definition) is 0. The molecule has 1 aromatic heterocycles. The molecule has 3 rings (SSSR count). The summed E-state index contributed by atoms with van der Waals surface area (Å²) < 4.78 is 21.5. The molecule has 1 amide bonds. The lowest BCUT2D eigenvalue weighted by molar-refractivity contribution is -0.137. The van der Waals surface area contributed by atoms with Crippen LogP contribution in [0.25, 0.3) is 11.4 Å². The van der Waals surface area contributed by atoms with E-state index in [1.54, 1.807) is 58.5 Å². The monoisotopic (exact) mass is 397 g/mol. The number of methoxy groups -OCH3 is 2. The molecule has 0 spiro atoms. The van der Waals surface area contributed by atoms with Gasteiger partial charge in [-0.15, -0.1) is 0 Å². The molecule has 1 heterocycles. The van der Waals surface area contributed by atoms with Crippen molar-refractivity contribution in [2.24, 2.45) is 0 Å². The number of amides is 1. The van der Waals surface area contributed by atoms with E-state index >= 15 is 0 Å². The van der Waals surface area contributed by atoms with Crippen LogP contribution in [-0.4, -0.2) is 48.3 Å². The molecule has 8 heteroatoms. The van der Waals surface area contributed by atoms with Gasteiger partial charge in [0.1, 0.15) is 5.75 Å². The second kappa shape index (κ2) is 9.09. The maximum absolute atomic E-state index is 12.6. The molecule has 0 saturated carbocycles. The standard InChI is InChI=1S/C21H23N3O5/c1-14(28-16-8-6-5-7-9-16)21(25)24(2)13-19-22-20(23-29-19)15-10-11-17(26-3)18(12-15)27-4/h5-12,14H,13H2,1-4H3. The molecule has 0 radical (unpaired) electrons. The van der Waals surface area contributed by atoms with Crippen molar-refractivity contribution in [1.29, 1.82) is 0 Å². The van der Waals surface area contributed by atoms with E-state index in [0.29, 0.717) is 34.5 Å². The van der Waals surface area contributed by atoms with Gasteiger partial charge in [0, 0.05) is 12.6 Å². The van der Waals surface area contributed by atoms with Crippen LogP contribution in [0.4, 0.5) is 0 Å². The van der Waals surface area contributed by atoms with E-state index in [1.807, 2.05) is 18.2 Å². The van der Waals surface area contributed by atoms with Gasteiger partial charge in [0.2, 0.25) is 11.7 Å². The van der Waals surface area contributed by atoms with Crippen LogP contribution in [0.15, 0.2) is 53.1 Å².